The SMILES string of the molecule is C[C@@H](O)c1cc2cnc(Nc3ccc(CN4CCN(C)CC4)cn3)nc2c(N2CCC(F)(F)CC2)n1. The maximum atomic E-state index is 13.8. The van der Waals surface area contributed by atoms with E-state index in [2.05, 4.69) is 42.1 Å². The van der Waals surface area contributed by atoms with Gasteiger partial charge in [-0.2, -0.15) is 0 Å². The number of anilines is 3. The van der Waals surface area contributed by atoms with Crippen molar-refractivity contribution in [2.45, 2.75) is 38.3 Å². The van der Waals surface area contributed by atoms with Gasteiger partial charge in [-0.25, -0.2) is 28.7 Å². The minimum Gasteiger partial charge on any atom is -0.387 e. The fourth-order valence-corrected chi connectivity index (χ4v) is 4.55. The summed E-state index contributed by atoms with van der Waals surface area (Å²) in [7, 11) is 2.14. The highest BCUT2D eigenvalue weighted by molar-refractivity contribution is 5.89. The van der Waals surface area contributed by atoms with Crippen LogP contribution in [0.15, 0.2) is 30.6 Å². The Kier molecular flexibility index (Phi) is 6.96. The zero-order valence-electron chi connectivity index (χ0n) is 20.7. The van der Waals surface area contributed by atoms with Crippen molar-refractivity contribution in [3.63, 3.8) is 0 Å². The molecule has 0 aromatic carbocycles. The smallest absolute Gasteiger partial charge is 0.251 e. The molecule has 0 bridgehead atoms. The van der Waals surface area contributed by atoms with Crippen molar-refractivity contribution < 1.29 is 13.9 Å². The maximum Gasteiger partial charge on any atom is 0.251 e. The lowest BCUT2D eigenvalue weighted by molar-refractivity contribution is -0.0221. The number of aromatic nitrogens is 4. The van der Waals surface area contributed by atoms with Crippen LogP contribution in [-0.4, -0.2) is 87.1 Å². The first-order chi connectivity index (χ1) is 17.3. The van der Waals surface area contributed by atoms with E-state index in [1.807, 2.05) is 23.2 Å². The minimum atomic E-state index is -2.67. The lowest BCUT2D eigenvalue weighted by Crippen LogP contribution is -2.43. The van der Waals surface area contributed by atoms with E-state index in [-0.39, 0.29) is 25.9 Å². The van der Waals surface area contributed by atoms with Gasteiger partial charge in [0.15, 0.2) is 5.82 Å². The van der Waals surface area contributed by atoms with Gasteiger partial charge in [0.05, 0.1) is 11.8 Å². The number of nitrogens with zero attached hydrogens (tertiary/aromatic N) is 7. The van der Waals surface area contributed by atoms with Crippen molar-refractivity contribution in [3.05, 3.63) is 41.9 Å². The molecule has 3 aromatic heterocycles. The van der Waals surface area contributed by atoms with Crippen LogP contribution in [0.5, 0.6) is 0 Å². The quantitative estimate of drug-likeness (QED) is 0.531. The molecular weight excluding hydrogens is 466 g/mol. The van der Waals surface area contributed by atoms with Crippen LogP contribution in [-0.2, 0) is 6.54 Å². The number of fused-ring (bicyclic) bond motifs is 1. The predicted molar refractivity (Wildman–Crippen MR) is 135 cm³/mol. The predicted octanol–water partition coefficient (Wildman–Crippen LogP) is 3.20. The molecule has 2 aliphatic heterocycles. The Morgan fingerprint density at radius 1 is 1.03 bits per heavy atom. The average Bonchev–Trinajstić information content (AvgIpc) is 2.86. The Morgan fingerprint density at radius 2 is 1.78 bits per heavy atom. The molecule has 1 atom stereocenters. The van der Waals surface area contributed by atoms with Gasteiger partial charge in [0.1, 0.15) is 11.3 Å². The normalized spacial score (nSPS) is 20.0. The molecule has 11 heteroatoms. The molecule has 0 saturated carbocycles. The molecule has 3 aromatic rings. The van der Waals surface area contributed by atoms with Gasteiger partial charge in [0.25, 0.3) is 5.92 Å². The minimum absolute atomic E-state index is 0.168. The van der Waals surface area contributed by atoms with Crippen LogP contribution in [0, 0.1) is 0 Å². The summed E-state index contributed by atoms with van der Waals surface area (Å²) in [5, 5.41) is 13.9. The Hall–Kier alpha value is -3.02. The second kappa shape index (κ2) is 10.2. The number of nitrogens with one attached hydrogen (secondary N) is 1. The first kappa shape index (κ1) is 24.7. The van der Waals surface area contributed by atoms with E-state index in [0.29, 0.717) is 34.2 Å². The fourth-order valence-electron chi connectivity index (χ4n) is 4.55. The van der Waals surface area contributed by atoms with Gasteiger partial charge in [0, 0.05) is 76.4 Å². The van der Waals surface area contributed by atoms with Crippen LogP contribution < -0.4 is 10.2 Å². The van der Waals surface area contributed by atoms with E-state index in [9.17, 15) is 13.9 Å². The molecule has 2 aliphatic rings. The number of piperidine rings is 1. The zero-order chi connectivity index (χ0) is 25.3. The van der Waals surface area contributed by atoms with Gasteiger partial charge < -0.3 is 20.2 Å². The van der Waals surface area contributed by atoms with Gasteiger partial charge in [-0.1, -0.05) is 6.07 Å². The molecule has 0 amide bonds. The van der Waals surface area contributed by atoms with Crippen LogP contribution in [0.25, 0.3) is 10.9 Å². The number of pyridine rings is 2. The Morgan fingerprint density at radius 3 is 2.44 bits per heavy atom. The summed E-state index contributed by atoms with van der Waals surface area (Å²) in [5.74, 6) is -1.22. The zero-order valence-corrected chi connectivity index (χ0v) is 20.7. The molecule has 192 valence electrons. The van der Waals surface area contributed by atoms with Gasteiger partial charge >= 0.3 is 0 Å². The third-order valence-electron chi connectivity index (χ3n) is 6.86. The number of aliphatic hydroxyl groups excluding tert-OH is 1. The van der Waals surface area contributed by atoms with E-state index in [0.717, 1.165) is 38.3 Å². The van der Waals surface area contributed by atoms with Crippen molar-refractivity contribution in [1.82, 2.24) is 29.7 Å². The summed E-state index contributed by atoms with van der Waals surface area (Å²) in [6, 6.07) is 5.68. The number of rotatable bonds is 6. The third kappa shape index (κ3) is 5.69. The highest BCUT2D eigenvalue weighted by Crippen LogP contribution is 2.33. The first-order valence-electron chi connectivity index (χ1n) is 12.4. The molecule has 2 fully saturated rings. The summed E-state index contributed by atoms with van der Waals surface area (Å²) >= 11 is 0. The van der Waals surface area contributed by atoms with Crippen LogP contribution in [0.2, 0.25) is 0 Å². The molecule has 0 radical (unpaired) electrons. The molecule has 2 N–H and O–H groups in total. The molecule has 5 rings (SSSR count). The van der Waals surface area contributed by atoms with Gasteiger partial charge in [-0.3, -0.25) is 4.90 Å². The topological polar surface area (TPSA) is 93.5 Å². The van der Waals surface area contributed by atoms with Crippen LogP contribution in [0.3, 0.4) is 0 Å². The summed E-state index contributed by atoms with van der Waals surface area (Å²) in [5.41, 5.74) is 2.15. The number of piperazine rings is 1. The first-order valence-corrected chi connectivity index (χ1v) is 12.4. The van der Waals surface area contributed by atoms with E-state index in [1.54, 1.807) is 19.2 Å². The summed E-state index contributed by atoms with van der Waals surface area (Å²) in [6.45, 7) is 7.06. The Balaban J connectivity index is 1.35. The maximum absolute atomic E-state index is 13.8. The molecule has 0 unspecified atom stereocenters. The fraction of sp³-hybridized carbons (Fsp3) is 0.520. The molecule has 0 aliphatic carbocycles. The number of likely N-dealkylation sites (N-methyl/N-ethyl adjacent to an activating group) is 1. The highest BCUT2D eigenvalue weighted by Gasteiger charge is 2.35. The average molecular weight is 499 g/mol. The van der Waals surface area contributed by atoms with Crippen molar-refractivity contribution in [3.8, 4) is 0 Å². The van der Waals surface area contributed by atoms with Gasteiger partial charge in [-0.05, 0) is 31.7 Å². The lowest BCUT2D eigenvalue weighted by atomic mass is 10.1. The Labute approximate surface area is 209 Å². The van der Waals surface area contributed by atoms with Gasteiger partial charge in [-0.15, -0.1) is 0 Å². The van der Waals surface area contributed by atoms with Crippen LogP contribution in [0.1, 0.15) is 37.1 Å². The molecule has 9 nitrogen and oxygen atoms in total. The largest absolute Gasteiger partial charge is 0.387 e. The Bertz CT molecular complexity index is 1190. The van der Waals surface area contributed by atoms with Crippen molar-refractivity contribution >= 4 is 28.5 Å². The van der Waals surface area contributed by atoms with E-state index < -0.39 is 12.0 Å². The second-order valence-electron chi connectivity index (χ2n) is 9.78. The number of hydrogen-bond donors (Lipinski definition) is 2. The lowest BCUT2D eigenvalue weighted by Gasteiger charge is -2.33. The number of aliphatic hydroxyl groups is 1. The third-order valence-corrected chi connectivity index (χ3v) is 6.86. The second-order valence-corrected chi connectivity index (χ2v) is 9.78. The number of halogens is 2. The summed E-state index contributed by atoms with van der Waals surface area (Å²) in [4.78, 5) is 24.7. The number of alkyl halides is 2. The van der Waals surface area contributed by atoms with E-state index in [1.165, 1.54) is 0 Å². The molecule has 36 heavy (non-hydrogen) atoms. The monoisotopic (exact) mass is 498 g/mol. The van der Waals surface area contributed by atoms with Crippen LogP contribution in [0.4, 0.5) is 26.4 Å². The van der Waals surface area contributed by atoms with Crippen LogP contribution >= 0.6 is 0 Å². The summed E-state index contributed by atoms with van der Waals surface area (Å²) in [6.07, 6.45) is 2.23. The molecule has 5 heterocycles. The number of hydrogen-bond acceptors (Lipinski definition) is 9. The van der Waals surface area contributed by atoms with Crippen molar-refractivity contribution in [2.75, 3.05) is 56.5 Å². The molecule has 2 saturated heterocycles. The summed E-state index contributed by atoms with van der Waals surface area (Å²) < 4.78 is 27.5. The van der Waals surface area contributed by atoms with E-state index in [4.69, 9.17) is 0 Å². The molecule has 0 spiro atoms. The van der Waals surface area contributed by atoms with E-state index >= 15 is 0 Å². The molecular formula is C25H32F2N8O. The van der Waals surface area contributed by atoms with Crippen molar-refractivity contribution in [2.24, 2.45) is 0 Å². The highest BCUT2D eigenvalue weighted by atomic mass is 19.3. The van der Waals surface area contributed by atoms with Crippen molar-refractivity contribution in [1.29, 1.82) is 0 Å². The van der Waals surface area contributed by atoms with Gasteiger partial charge in [0.2, 0.25) is 5.95 Å². The standard InChI is InChI=1S/C25H32F2N8O/c1-17(36)20-13-19-15-29-24(32-22(19)23(30-20)35-7-5-25(26,27)6-8-35)31-21-4-3-18(14-28-21)16-34-11-9-33(2)10-12-34/h3-4,13-15,17,36H,5-12,16H2,1-2H3,(H,28,29,31,32)/t17-/m1/s1.